The number of aromatic nitrogens is 1. The maximum absolute atomic E-state index is 13.1. The largest absolute Gasteiger partial charge is 0.444 e. The second-order valence-corrected chi connectivity index (χ2v) is 4.12. The van der Waals surface area contributed by atoms with E-state index in [9.17, 15) is 4.39 Å². The second-order valence-electron chi connectivity index (χ2n) is 4.12. The van der Waals surface area contributed by atoms with Crippen molar-refractivity contribution in [2.75, 3.05) is 13.1 Å². The molecular formula is C14H17FN2O. The fourth-order valence-electron chi connectivity index (χ4n) is 1.81. The van der Waals surface area contributed by atoms with E-state index in [1.54, 1.807) is 18.4 Å². The van der Waals surface area contributed by atoms with E-state index in [0.717, 1.165) is 25.3 Å². The van der Waals surface area contributed by atoms with Crippen LogP contribution in [0.3, 0.4) is 0 Å². The molecule has 0 aliphatic rings. The Bertz CT molecular complexity index is 506. The zero-order valence-electron chi connectivity index (χ0n) is 10.7. The van der Waals surface area contributed by atoms with Crippen LogP contribution in [0.2, 0.25) is 0 Å². The summed E-state index contributed by atoms with van der Waals surface area (Å²) >= 11 is 0. The lowest BCUT2D eigenvalue weighted by Crippen LogP contribution is -2.22. The molecule has 0 saturated carbocycles. The number of rotatable bonds is 5. The summed E-state index contributed by atoms with van der Waals surface area (Å²) in [6, 6.07) is 6.27. The van der Waals surface area contributed by atoms with E-state index in [1.165, 1.54) is 12.1 Å². The summed E-state index contributed by atoms with van der Waals surface area (Å²) in [5.74, 6) is 0.188. The maximum atomic E-state index is 13.1. The van der Waals surface area contributed by atoms with E-state index < -0.39 is 0 Å². The molecule has 0 bridgehead atoms. The van der Waals surface area contributed by atoms with Gasteiger partial charge >= 0.3 is 0 Å². The molecular weight excluding hydrogens is 231 g/mol. The standard InChI is InChI=1S/C14H17FN2O/c1-3-17(4-2)9-13-10-18-14(16-13)11-6-5-7-12(15)8-11/h5-8,10H,3-4,9H2,1-2H3. The van der Waals surface area contributed by atoms with Gasteiger partial charge in [0, 0.05) is 12.1 Å². The highest BCUT2D eigenvalue weighted by Gasteiger charge is 2.09. The first-order valence-electron chi connectivity index (χ1n) is 6.15. The third-order valence-corrected chi connectivity index (χ3v) is 2.90. The molecule has 1 aromatic carbocycles. The van der Waals surface area contributed by atoms with Crippen molar-refractivity contribution in [1.82, 2.24) is 9.88 Å². The van der Waals surface area contributed by atoms with E-state index in [2.05, 4.69) is 23.7 Å². The molecule has 0 aliphatic heterocycles. The summed E-state index contributed by atoms with van der Waals surface area (Å²) < 4.78 is 18.5. The van der Waals surface area contributed by atoms with E-state index in [4.69, 9.17) is 4.42 Å². The molecule has 0 N–H and O–H groups in total. The molecule has 0 radical (unpaired) electrons. The third-order valence-electron chi connectivity index (χ3n) is 2.90. The molecule has 3 nitrogen and oxygen atoms in total. The highest BCUT2D eigenvalue weighted by Crippen LogP contribution is 2.19. The molecule has 4 heteroatoms. The summed E-state index contributed by atoms with van der Waals surface area (Å²) in [5.41, 5.74) is 1.54. The van der Waals surface area contributed by atoms with Crippen molar-refractivity contribution in [2.24, 2.45) is 0 Å². The van der Waals surface area contributed by atoms with Crippen LogP contribution in [0.15, 0.2) is 34.9 Å². The minimum Gasteiger partial charge on any atom is -0.444 e. The molecule has 96 valence electrons. The van der Waals surface area contributed by atoms with Crippen molar-refractivity contribution in [3.8, 4) is 11.5 Å². The van der Waals surface area contributed by atoms with Crippen molar-refractivity contribution < 1.29 is 8.81 Å². The second kappa shape index (κ2) is 5.78. The quantitative estimate of drug-likeness (QED) is 0.812. The van der Waals surface area contributed by atoms with Crippen LogP contribution in [-0.4, -0.2) is 23.0 Å². The fraction of sp³-hybridized carbons (Fsp3) is 0.357. The van der Waals surface area contributed by atoms with Crippen LogP contribution >= 0.6 is 0 Å². The predicted octanol–water partition coefficient (Wildman–Crippen LogP) is 3.32. The van der Waals surface area contributed by atoms with Gasteiger partial charge in [-0.25, -0.2) is 9.37 Å². The van der Waals surface area contributed by atoms with E-state index in [1.807, 2.05) is 0 Å². The van der Waals surface area contributed by atoms with E-state index >= 15 is 0 Å². The van der Waals surface area contributed by atoms with Gasteiger partial charge < -0.3 is 4.42 Å². The van der Waals surface area contributed by atoms with Crippen molar-refractivity contribution in [3.63, 3.8) is 0 Å². The lowest BCUT2D eigenvalue weighted by molar-refractivity contribution is 0.292. The number of oxazole rings is 1. The van der Waals surface area contributed by atoms with Crippen LogP contribution in [0.4, 0.5) is 4.39 Å². The normalized spacial score (nSPS) is 11.1. The zero-order chi connectivity index (χ0) is 13.0. The first-order valence-corrected chi connectivity index (χ1v) is 6.15. The summed E-state index contributed by atoms with van der Waals surface area (Å²) in [5, 5.41) is 0. The van der Waals surface area contributed by atoms with Gasteiger partial charge in [0.05, 0.1) is 5.69 Å². The lowest BCUT2D eigenvalue weighted by Gasteiger charge is -2.15. The van der Waals surface area contributed by atoms with Gasteiger partial charge in [0.1, 0.15) is 12.1 Å². The van der Waals surface area contributed by atoms with Crippen molar-refractivity contribution >= 4 is 0 Å². The monoisotopic (exact) mass is 248 g/mol. The molecule has 2 aromatic rings. The minimum atomic E-state index is -0.281. The van der Waals surface area contributed by atoms with Gasteiger partial charge in [-0.2, -0.15) is 0 Å². The van der Waals surface area contributed by atoms with Crippen molar-refractivity contribution in [1.29, 1.82) is 0 Å². The third kappa shape index (κ3) is 2.96. The Balaban J connectivity index is 2.15. The van der Waals surface area contributed by atoms with Crippen molar-refractivity contribution in [3.05, 3.63) is 42.0 Å². The van der Waals surface area contributed by atoms with Gasteiger partial charge in [-0.05, 0) is 31.3 Å². The maximum Gasteiger partial charge on any atom is 0.226 e. The highest BCUT2D eigenvalue weighted by molar-refractivity contribution is 5.52. The molecule has 0 fully saturated rings. The predicted molar refractivity (Wildman–Crippen MR) is 68.5 cm³/mol. The summed E-state index contributed by atoms with van der Waals surface area (Å²) in [6.07, 6.45) is 1.64. The van der Waals surface area contributed by atoms with Gasteiger partial charge in [0.15, 0.2) is 0 Å². The number of nitrogens with zero attached hydrogens (tertiary/aromatic N) is 2. The SMILES string of the molecule is CCN(CC)Cc1coc(-c2cccc(F)c2)n1. The molecule has 18 heavy (non-hydrogen) atoms. The number of benzene rings is 1. The molecule has 2 rings (SSSR count). The molecule has 0 saturated heterocycles. The molecule has 0 unspecified atom stereocenters. The van der Waals surface area contributed by atoms with E-state index in [0.29, 0.717) is 11.5 Å². The van der Waals surface area contributed by atoms with Crippen LogP contribution in [0.5, 0.6) is 0 Å². The summed E-state index contributed by atoms with van der Waals surface area (Å²) in [7, 11) is 0. The number of hydrogen-bond acceptors (Lipinski definition) is 3. The van der Waals surface area contributed by atoms with Gasteiger partial charge in [-0.1, -0.05) is 19.9 Å². The topological polar surface area (TPSA) is 29.3 Å². The lowest BCUT2D eigenvalue weighted by atomic mass is 10.2. The fourth-order valence-corrected chi connectivity index (χ4v) is 1.81. The summed E-state index contributed by atoms with van der Waals surface area (Å²) in [4.78, 5) is 6.63. The number of halogens is 1. The number of hydrogen-bond donors (Lipinski definition) is 0. The Kier molecular flexibility index (Phi) is 4.10. The van der Waals surface area contributed by atoms with Crippen LogP contribution < -0.4 is 0 Å². The Morgan fingerprint density at radius 2 is 2.06 bits per heavy atom. The van der Waals surface area contributed by atoms with Crippen LogP contribution in [0.25, 0.3) is 11.5 Å². The Morgan fingerprint density at radius 1 is 1.28 bits per heavy atom. The molecule has 0 aliphatic carbocycles. The van der Waals surface area contributed by atoms with Crippen LogP contribution in [-0.2, 0) is 6.54 Å². The van der Waals surface area contributed by atoms with Crippen LogP contribution in [0, 0.1) is 5.82 Å². The summed E-state index contributed by atoms with van der Waals surface area (Å²) in [6.45, 7) is 6.91. The zero-order valence-corrected chi connectivity index (χ0v) is 10.7. The Hall–Kier alpha value is -1.68. The van der Waals surface area contributed by atoms with Gasteiger partial charge in [0.2, 0.25) is 5.89 Å². The molecule has 0 atom stereocenters. The average Bonchev–Trinajstić information content (AvgIpc) is 2.84. The van der Waals surface area contributed by atoms with Gasteiger partial charge in [0.25, 0.3) is 0 Å². The van der Waals surface area contributed by atoms with E-state index in [-0.39, 0.29) is 5.82 Å². The molecule has 0 spiro atoms. The first-order chi connectivity index (χ1) is 8.72. The highest BCUT2D eigenvalue weighted by atomic mass is 19.1. The minimum absolute atomic E-state index is 0.281. The van der Waals surface area contributed by atoms with Crippen molar-refractivity contribution in [2.45, 2.75) is 20.4 Å². The molecule has 0 amide bonds. The molecule has 1 heterocycles. The Labute approximate surface area is 106 Å². The first kappa shape index (κ1) is 12.8. The molecule has 1 aromatic heterocycles. The van der Waals surface area contributed by atoms with Crippen LogP contribution in [0.1, 0.15) is 19.5 Å². The Morgan fingerprint density at radius 3 is 2.72 bits per heavy atom. The smallest absolute Gasteiger partial charge is 0.226 e. The average molecular weight is 248 g/mol. The van der Waals surface area contributed by atoms with Gasteiger partial charge in [-0.3, -0.25) is 4.90 Å². The van der Waals surface area contributed by atoms with Gasteiger partial charge in [-0.15, -0.1) is 0 Å².